The van der Waals surface area contributed by atoms with E-state index in [2.05, 4.69) is 0 Å². The fourth-order valence-electron chi connectivity index (χ4n) is 1.67. The van der Waals surface area contributed by atoms with Gasteiger partial charge >= 0.3 is 0 Å². The Morgan fingerprint density at radius 3 is 2.44 bits per heavy atom. The molecule has 0 aliphatic carbocycles. The molecule has 0 saturated heterocycles. The van der Waals surface area contributed by atoms with Crippen LogP contribution in [0.1, 0.15) is 5.56 Å². The second kappa shape index (κ2) is 4.14. The number of rotatable bonds is 1. The molecular formula is C13H12ClNO. The van der Waals surface area contributed by atoms with E-state index in [1.807, 2.05) is 49.0 Å². The van der Waals surface area contributed by atoms with E-state index in [1.165, 1.54) is 0 Å². The number of hydrogen-bond donors (Lipinski definition) is 0. The van der Waals surface area contributed by atoms with Crippen molar-refractivity contribution in [3.05, 3.63) is 57.3 Å². The van der Waals surface area contributed by atoms with Crippen molar-refractivity contribution in [2.24, 2.45) is 7.05 Å². The summed E-state index contributed by atoms with van der Waals surface area (Å²) in [7, 11) is 1.93. The largest absolute Gasteiger partial charge is 0.350 e. The second-order valence-electron chi connectivity index (χ2n) is 3.82. The van der Waals surface area contributed by atoms with Crippen molar-refractivity contribution in [2.75, 3.05) is 0 Å². The van der Waals surface area contributed by atoms with Crippen LogP contribution in [-0.2, 0) is 7.05 Å². The van der Waals surface area contributed by atoms with Gasteiger partial charge in [-0.25, -0.2) is 0 Å². The van der Waals surface area contributed by atoms with Crippen molar-refractivity contribution >= 4 is 11.6 Å². The molecule has 0 amide bonds. The zero-order valence-electron chi connectivity index (χ0n) is 9.20. The number of hydrogen-bond acceptors (Lipinski definition) is 1. The molecule has 1 aromatic carbocycles. The zero-order valence-corrected chi connectivity index (χ0v) is 9.95. The first-order valence-corrected chi connectivity index (χ1v) is 5.39. The minimum Gasteiger partial charge on any atom is -0.350 e. The van der Waals surface area contributed by atoms with E-state index in [4.69, 9.17) is 11.6 Å². The van der Waals surface area contributed by atoms with E-state index in [1.54, 1.807) is 6.07 Å². The zero-order chi connectivity index (χ0) is 11.7. The average molecular weight is 234 g/mol. The van der Waals surface area contributed by atoms with Gasteiger partial charge in [-0.05, 0) is 24.6 Å². The predicted molar refractivity (Wildman–Crippen MR) is 66.9 cm³/mol. The van der Waals surface area contributed by atoms with Gasteiger partial charge in [0.25, 0.3) is 0 Å². The standard InChI is InChI=1S/C13H12ClNO/c1-9-8-15(2)12(7-13(9)16)10-3-5-11(14)6-4-10/h3-8H,1-2H3. The first kappa shape index (κ1) is 11.0. The number of aryl methyl sites for hydroxylation is 2. The SMILES string of the molecule is Cc1cn(C)c(-c2ccc(Cl)cc2)cc1=O. The maximum absolute atomic E-state index is 11.6. The molecule has 16 heavy (non-hydrogen) atoms. The lowest BCUT2D eigenvalue weighted by Crippen LogP contribution is -2.09. The van der Waals surface area contributed by atoms with E-state index in [9.17, 15) is 4.79 Å². The highest BCUT2D eigenvalue weighted by Gasteiger charge is 2.03. The van der Waals surface area contributed by atoms with Gasteiger partial charge in [0.1, 0.15) is 0 Å². The Hall–Kier alpha value is -1.54. The van der Waals surface area contributed by atoms with Gasteiger partial charge in [0.05, 0.1) is 5.69 Å². The van der Waals surface area contributed by atoms with Gasteiger partial charge in [0.2, 0.25) is 0 Å². The number of benzene rings is 1. The summed E-state index contributed by atoms with van der Waals surface area (Å²) in [5, 5.41) is 0.695. The van der Waals surface area contributed by atoms with Gasteiger partial charge < -0.3 is 4.57 Å². The minimum absolute atomic E-state index is 0.0584. The summed E-state index contributed by atoms with van der Waals surface area (Å²) < 4.78 is 1.94. The van der Waals surface area contributed by atoms with Gasteiger partial charge in [0.15, 0.2) is 5.43 Å². The van der Waals surface area contributed by atoms with Crippen molar-refractivity contribution in [2.45, 2.75) is 6.92 Å². The second-order valence-corrected chi connectivity index (χ2v) is 4.26. The molecule has 3 heteroatoms. The molecule has 0 N–H and O–H groups in total. The molecule has 0 aliphatic heterocycles. The van der Waals surface area contributed by atoms with Gasteiger partial charge in [0, 0.05) is 29.9 Å². The van der Waals surface area contributed by atoms with E-state index in [-0.39, 0.29) is 5.43 Å². The molecule has 2 nitrogen and oxygen atoms in total. The molecule has 0 saturated carbocycles. The predicted octanol–water partition coefficient (Wildman–Crippen LogP) is 3.01. The Kier molecular flexibility index (Phi) is 2.84. The van der Waals surface area contributed by atoms with Gasteiger partial charge in [-0.3, -0.25) is 4.79 Å². The lowest BCUT2D eigenvalue weighted by atomic mass is 10.1. The van der Waals surface area contributed by atoms with Crippen molar-refractivity contribution in [1.82, 2.24) is 4.57 Å². The monoisotopic (exact) mass is 233 g/mol. The Morgan fingerprint density at radius 1 is 1.19 bits per heavy atom. The van der Waals surface area contributed by atoms with Crippen molar-refractivity contribution in [3.63, 3.8) is 0 Å². The highest BCUT2D eigenvalue weighted by Crippen LogP contribution is 2.19. The van der Waals surface area contributed by atoms with Crippen LogP contribution in [0.4, 0.5) is 0 Å². The summed E-state index contributed by atoms with van der Waals surface area (Å²) in [4.78, 5) is 11.6. The lowest BCUT2D eigenvalue weighted by molar-refractivity contribution is 0.899. The Balaban J connectivity index is 2.60. The molecule has 1 heterocycles. The normalized spacial score (nSPS) is 10.4. The van der Waals surface area contributed by atoms with Crippen molar-refractivity contribution < 1.29 is 0 Å². The number of halogens is 1. The molecule has 0 atom stereocenters. The molecule has 2 aromatic rings. The third-order valence-electron chi connectivity index (χ3n) is 2.56. The fraction of sp³-hybridized carbons (Fsp3) is 0.154. The van der Waals surface area contributed by atoms with Crippen LogP contribution in [0.25, 0.3) is 11.3 Å². The topological polar surface area (TPSA) is 22.0 Å². The van der Waals surface area contributed by atoms with Crippen LogP contribution in [0.2, 0.25) is 5.02 Å². The molecule has 0 unspecified atom stereocenters. The third kappa shape index (κ3) is 2.02. The summed E-state index contributed by atoms with van der Waals surface area (Å²) in [5.74, 6) is 0. The Labute approximate surface area is 99.1 Å². The fourth-order valence-corrected chi connectivity index (χ4v) is 1.80. The van der Waals surface area contributed by atoms with Crippen LogP contribution < -0.4 is 5.43 Å². The van der Waals surface area contributed by atoms with Crippen molar-refractivity contribution in [1.29, 1.82) is 0 Å². The van der Waals surface area contributed by atoms with Crippen LogP contribution in [0, 0.1) is 6.92 Å². The highest BCUT2D eigenvalue weighted by atomic mass is 35.5. The summed E-state index contributed by atoms with van der Waals surface area (Å²) in [6.45, 7) is 1.81. The van der Waals surface area contributed by atoms with Crippen LogP contribution >= 0.6 is 11.6 Å². The van der Waals surface area contributed by atoms with Gasteiger partial charge in [-0.2, -0.15) is 0 Å². The molecule has 1 aromatic heterocycles. The highest BCUT2D eigenvalue weighted by molar-refractivity contribution is 6.30. The molecule has 82 valence electrons. The molecule has 0 bridgehead atoms. The van der Waals surface area contributed by atoms with Gasteiger partial charge in [-0.15, -0.1) is 0 Å². The maximum Gasteiger partial charge on any atom is 0.185 e. The smallest absolute Gasteiger partial charge is 0.185 e. The van der Waals surface area contributed by atoms with Gasteiger partial charge in [-0.1, -0.05) is 23.7 Å². The van der Waals surface area contributed by atoms with Crippen LogP contribution in [0.5, 0.6) is 0 Å². The molecule has 0 fully saturated rings. The quantitative estimate of drug-likeness (QED) is 0.742. The van der Waals surface area contributed by atoms with Crippen molar-refractivity contribution in [3.8, 4) is 11.3 Å². The van der Waals surface area contributed by atoms with Crippen LogP contribution in [0.3, 0.4) is 0 Å². The maximum atomic E-state index is 11.6. The molecule has 0 spiro atoms. The number of nitrogens with zero attached hydrogens (tertiary/aromatic N) is 1. The Morgan fingerprint density at radius 2 is 1.81 bits per heavy atom. The van der Waals surface area contributed by atoms with E-state index >= 15 is 0 Å². The van der Waals surface area contributed by atoms with Crippen LogP contribution in [-0.4, -0.2) is 4.57 Å². The molecule has 2 rings (SSSR count). The first-order chi connectivity index (χ1) is 7.58. The molecule has 0 aliphatic rings. The summed E-state index contributed by atoms with van der Waals surface area (Å²) in [6.07, 6.45) is 1.84. The average Bonchev–Trinajstić information content (AvgIpc) is 2.25. The first-order valence-electron chi connectivity index (χ1n) is 5.01. The number of pyridine rings is 1. The van der Waals surface area contributed by atoms with E-state index in [0.29, 0.717) is 5.02 Å². The minimum atomic E-state index is 0.0584. The summed E-state index contributed by atoms with van der Waals surface area (Å²) >= 11 is 5.83. The summed E-state index contributed by atoms with van der Waals surface area (Å²) in [5.41, 5.74) is 2.69. The van der Waals surface area contributed by atoms with Crippen LogP contribution in [0.15, 0.2) is 41.3 Å². The van der Waals surface area contributed by atoms with E-state index < -0.39 is 0 Å². The molecular weight excluding hydrogens is 222 g/mol. The number of aromatic nitrogens is 1. The van der Waals surface area contributed by atoms with E-state index in [0.717, 1.165) is 16.8 Å². The third-order valence-corrected chi connectivity index (χ3v) is 2.82. The lowest BCUT2D eigenvalue weighted by Gasteiger charge is -2.09. The summed E-state index contributed by atoms with van der Waals surface area (Å²) in [6, 6.07) is 9.11. The Bertz CT molecular complexity index is 569. The molecule has 0 radical (unpaired) electrons.